The van der Waals surface area contributed by atoms with Gasteiger partial charge in [-0.1, -0.05) is 30.3 Å². The molecule has 2 aromatic carbocycles. The van der Waals surface area contributed by atoms with Crippen molar-refractivity contribution in [2.24, 2.45) is 7.05 Å². The molecule has 27 heavy (non-hydrogen) atoms. The van der Waals surface area contributed by atoms with Crippen molar-refractivity contribution >= 4 is 22.7 Å². The predicted octanol–water partition coefficient (Wildman–Crippen LogP) is 5.05. The molecule has 4 rings (SSSR count). The highest BCUT2D eigenvalue weighted by atomic mass is 15.1. The van der Waals surface area contributed by atoms with Crippen LogP contribution in [-0.2, 0) is 7.05 Å². The zero-order valence-electron chi connectivity index (χ0n) is 15.6. The van der Waals surface area contributed by atoms with E-state index < -0.39 is 0 Å². The van der Waals surface area contributed by atoms with Gasteiger partial charge >= 0.3 is 0 Å². The third-order valence-corrected chi connectivity index (χ3v) is 4.93. The molecule has 0 N–H and O–H groups in total. The van der Waals surface area contributed by atoms with Crippen LogP contribution >= 0.6 is 0 Å². The number of fused-ring (bicyclic) bond motifs is 1. The fraction of sp³-hybridized carbons (Fsp3) is 0.130. The Balaban J connectivity index is 1.85. The third kappa shape index (κ3) is 2.84. The number of nitrogens with zero attached hydrogens (tertiary/aromatic N) is 4. The molecule has 4 nitrogen and oxygen atoms in total. The average Bonchev–Trinajstić information content (AvgIpc) is 3.17. The lowest BCUT2D eigenvalue weighted by Gasteiger charge is -2.09. The Hall–Kier alpha value is -3.58. The van der Waals surface area contributed by atoms with Crippen molar-refractivity contribution in [3.63, 3.8) is 0 Å². The van der Waals surface area contributed by atoms with E-state index in [0.717, 1.165) is 33.7 Å². The van der Waals surface area contributed by atoms with Crippen LogP contribution in [0.25, 0.3) is 28.4 Å². The van der Waals surface area contributed by atoms with Crippen LogP contribution in [-0.4, -0.2) is 14.1 Å². The van der Waals surface area contributed by atoms with E-state index in [0.29, 0.717) is 11.4 Å². The van der Waals surface area contributed by atoms with Gasteiger partial charge in [-0.3, -0.25) is 0 Å². The van der Waals surface area contributed by atoms with Gasteiger partial charge < -0.3 is 9.13 Å². The van der Waals surface area contributed by atoms with Crippen LogP contribution in [0.15, 0.2) is 60.7 Å². The van der Waals surface area contributed by atoms with Crippen molar-refractivity contribution < 1.29 is 0 Å². The third-order valence-electron chi connectivity index (χ3n) is 4.93. The van der Waals surface area contributed by atoms with Gasteiger partial charge in [0.15, 0.2) is 5.82 Å². The lowest BCUT2D eigenvalue weighted by Crippen LogP contribution is -1.99. The van der Waals surface area contributed by atoms with Crippen LogP contribution in [0.1, 0.15) is 22.8 Å². The Kier molecular flexibility index (Phi) is 4.13. The van der Waals surface area contributed by atoms with Gasteiger partial charge in [-0.05, 0) is 55.8 Å². The molecule has 2 aromatic heterocycles. The number of rotatable bonds is 3. The van der Waals surface area contributed by atoms with E-state index in [1.54, 1.807) is 0 Å². The first-order chi connectivity index (χ1) is 13.1. The molecule has 4 aromatic rings. The first kappa shape index (κ1) is 16.9. The highest BCUT2D eigenvalue weighted by Gasteiger charge is 2.14. The molecule has 0 amide bonds. The number of aryl methyl sites for hydroxylation is 2. The van der Waals surface area contributed by atoms with Gasteiger partial charge in [0.25, 0.3) is 0 Å². The quantitative estimate of drug-likeness (QED) is 0.485. The van der Waals surface area contributed by atoms with Crippen molar-refractivity contribution in [1.82, 2.24) is 14.1 Å². The molecular weight excluding hydrogens is 332 g/mol. The summed E-state index contributed by atoms with van der Waals surface area (Å²) in [7, 11) is 1.95. The van der Waals surface area contributed by atoms with Crippen LogP contribution in [0, 0.1) is 25.2 Å². The molecule has 0 unspecified atom stereocenters. The summed E-state index contributed by atoms with van der Waals surface area (Å²) in [5.74, 6) is 0.684. The fourth-order valence-corrected chi connectivity index (χ4v) is 3.60. The molecule has 0 radical (unpaired) electrons. The summed E-state index contributed by atoms with van der Waals surface area (Å²) in [6.45, 7) is 4.16. The number of benzene rings is 2. The average molecular weight is 352 g/mol. The Morgan fingerprint density at radius 1 is 1.04 bits per heavy atom. The number of hydrogen-bond donors (Lipinski definition) is 0. The summed E-state index contributed by atoms with van der Waals surface area (Å²) in [6, 6.07) is 22.6. The minimum absolute atomic E-state index is 0.557. The molecule has 0 atom stereocenters. The smallest absolute Gasteiger partial charge is 0.151 e. The molecule has 0 aliphatic rings. The maximum Gasteiger partial charge on any atom is 0.151 e. The topological polar surface area (TPSA) is 46.5 Å². The van der Waals surface area contributed by atoms with E-state index in [9.17, 15) is 5.26 Å². The molecule has 0 aliphatic heterocycles. The maximum atomic E-state index is 9.80. The van der Waals surface area contributed by atoms with E-state index in [-0.39, 0.29) is 0 Å². The Labute approximate surface area is 158 Å². The summed E-state index contributed by atoms with van der Waals surface area (Å²) in [5, 5.41) is 9.80. The zero-order chi connectivity index (χ0) is 19.0. The molecule has 0 spiro atoms. The van der Waals surface area contributed by atoms with E-state index >= 15 is 0 Å². The van der Waals surface area contributed by atoms with E-state index in [4.69, 9.17) is 0 Å². The van der Waals surface area contributed by atoms with E-state index in [1.807, 2.05) is 60.2 Å². The normalized spacial score (nSPS) is 11.7. The number of nitriles is 1. The Morgan fingerprint density at radius 3 is 2.44 bits per heavy atom. The molecule has 0 bridgehead atoms. The van der Waals surface area contributed by atoms with Crippen LogP contribution in [0.5, 0.6) is 0 Å². The summed E-state index contributed by atoms with van der Waals surface area (Å²) >= 11 is 0. The Bertz CT molecular complexity index is 1200. The minimum Gasteiger partial charge on any atom is -0.327 e. The molecule has 0 saturated carbocycles. The van der Waals surface area contributed by atoms with Crippen molar-refractivity contribution in [3.05, 3.63) is 83.4 Å². The summed E-state index contributed by atoms with van der Waals surface area (Å²) in [6.07, 6.45) is 1.93. The Morgan fingerprint density at radius 2 is 1.74 bits per heavy atom. The first-order valence-corrected chi connectivity index (χ1v) is 8.88. The van der Waals surface area contributed by atoms with E-state index in [2.05, 4.69) is 47.7 Å². The fourth-order valence-electron chi connectivity index (χ4n) is 3.60. The largest absolute Gasteiger partial charge is 0.327 e. The standard InChI is InChI=1S/C23H20N4/c1-16-13-18(17(2)27(16)20-9-5-4-6-10-20)14-19(15-24)23-25-21-11-7-8-12-22(21)26(23)3/h4-14H,1-3H3/b19-14+. The number of para-hydroxylation sites is 3. The lowest BCUT2D eigenvalue weighted by atomic mass is 10.1. The van der Waals surface area contributed by atoms with Gasteiger partial charge in [0.2, 0.25) is 0 Å². The van der Waals surface area contributed by atoms with Crippen molar-refractivity contribution in [3.8, 4) is 11.8 Å². The molecule has 0 fully saturated rings. The monoisotopic (exact) mass is 352 g/mol. The molecule has 0 saturated heterocycles. The summed E-state index contributed by atoms with van der Waals surface area (Å²) in [5.41, 5.74) is 6.85. The summed E-state index contributed by atoms with van der Waals surface area (Å²) in [4.78, 5) is 4.66. The van der Waals surface area contributed by atoms with Crippen molar-refractivity contribution in [2.45, 2.75) is 13.8 Å². The summed E-state index contributed by atoms with van der Waals surface area (Å²) < 4.78 is 4.18. The van der Waals surface area contributed by atoms with Crippen molar-refractivity contribution in [2.75, 3.05) is 0 Å². The number of hydrogen-bond acceptors (Lipinski definition) is 2. The number of aromatic nitrogens is 3. The molecule has 0 aliphatic carbocycles. The molecule has 4 heteroatoms. The van der Waals surface area contributed by atoms with Gasteiger partial charge in [-0.25, -0.2) is 4.98 Å². The number of imidazole rings is 1. The van der Waals surface area contributed by atoms with Gasteiger partial charge in [0.1, 0.15) is 6.07 Å². The van der Waals surface area contributed by atoms with Crippen molar-refractivity contribution in [1.29, 1.82) is 5.26 Å². The number of allylic oxidation sites excluding steroid dienone is 1. The SMILES string of the molecule is Cc1cc(/C=C(\C#N)c2nc3ccccc3n2C)c(C)n1-c1ccccc1. The highest BCUT2D eigenvalue weighted by Crippen LogP contribution is 2.26. The van der Waals surface area contributed by atoms with Gasteiger partial charge in [0.05, 0.1) is 16.6 Å². The second-order valence-corrected chi connectivity index (χ2v) is 6.65. The zero-order valence-corrected chi connectivity index (χ0v) is 15.6. The molecule has 2 heterocycles. The lowest BCUT2D eigenvalue weighted by molar-refractivity contribution is 0.925. The van der Waals surface area contributed by atoms with Crippen LogP contribution in [0.4, 0.5) is 0 Å². The predicted molar refractivity (Wildman–Crippen MR) is 109 cm³/mol. The van der Waals surface area contributed by atoms with Crippen LogP contribution in [0.2, 0.25) is 0 Å². The second-order valence-electron chi connectivity index (χ2n) is 6.65. The van der Waals surface area contributed by atoms with Gasteiger partial charge in [-0.2, -0.15) is 5.26 Å². The first-order valence-electron chi connectivity index (χ1n) is 8.88. The van der Waals surface area contributed by atoms with Gasteiger partial charge in [-0.15, -0.1) is 0 Å². The molecular formula is C23H20N4. The molecule has 132 valence electrons. The van der Waals surface area contributed by atoms with Crippen LogP contribution in [0.3, 0.4) is 0 Å². The van der Waals surface area contributed by atoms with Gasteiger partial charge in [0, 0.05) is 24.1 Å². The maximum absolute atomic E-state index is 9.80. The second kappa shape index (κ2) is 6.62. The minimum atomic E-state index is 0.557. The highest BCUT2D eigenvalue weighted by molar-refractivity contribution is 5.91. The van der Waals surface area contributed by atoms with E-state index in [1.165, 1.54) is 0 Å². The van der Waals surface area contributed by atoms with Crippen LogP contribution < -0.4 is 0 Å².